The number of ketones is 1. The lowest BCUT2D eigenvalue weighted by molar-refractivity contribution is -0.141. The summed E-state index contributed by atoms with van der Waals surface area (Å²) in [6, 6.07) is -0.568. The number of nitrogens with zero attached hydrogens (tertiary/aromatic N) is 2. The van der Waals surface area contributed by atoms with Gasteiger partial charge in [-0.05, 0) is 39.6 Å². The number of hydrogen-bond donors (Lipinski definition) is 1. The van der Waals surface area contributed by atoms with Crippen LogP contribution in [-0.2, 0) is 9.59 Å². The van der Waals surface area contributed by atoms with Gasteiger partial charge in [-0.1, -0.05) is 0 Å². The molecule has 0 radical (unpaired) electrons. The van der Waals surface area contributed by atoms with Crippen molar-refractivity contribution >= 4 is 11.7 Å². The van der Waals surface area contributed by atoms with E-state index in [-0.39, 0.29) is 30.2 Å². The Hall–Kier alpha value is -0.940. The van der Waals surface area contributed by atoms with Gasteiger partial charge in [0.2, 0.25) is 5.91 Å². The monoisotopic (exact) mass is 241 g/mol. The van der Waals surface area contributed by atoms with Crippen LogP contribution in [0, 0.1) is 0 Å². The fourth-order valence-electron chi connectivity index (χ4n) is 2.74. The van der Waals surface area contributed by atoms with E-state index in [0.717, 1.165) is 19.4 Å². The van der Waals surface area contributed by atoms with E-state index in [1.807, 2.05) is 12.1 Å². The van der Waals surface area contributed by atoms with Crippen LogP contribution >= 0.6 is 0 Å². The summed E-state index contributed by atoms with van der Waals surface area (Å²) >= 11 is 0. The Morgan fingerprint density at radius 3 is 2.71 bits per heavy atom. The molecule has 17 heavy (non-hydrogen) atoms. The van der Waals surface area contributed by atoms with Gasteiger partial charge in [-0.2, -0.15) is 0 Å². The molecule has 1 amide bonds. The molecule has 0 aromatic rings. The third-order valence-electron chi connectivity index (χ3n) is 3.67. The lowest BCUT2D eigenvalue weighted by Crippen LogP contribution is -2.52. The van der Waals surface area contributed by atoms with E-state index in [2.05, 4.69) is 5.43 Å². The van der Waals surface area contributed by atoms with Gasteiger partial charge < -0.3 is 4.90 Å². The number of amides is 1. The average molecular weight is 241 g/mol. The maximum atomic E-state index is 12.5. The standard InChI is InChI=1S/C12H21N3O2/c1-9(16)10-5-3-7-14(10)12(17)11-6-4-8-15(11)13-2/h10-11,13H,3-8H2,1-2H3/t10-,11-/m1/s1/i3T/t3?,10-,11-. The van der Waals surface area contributed by atoms with E-state index >= 15 is 0 Å². The number of Topliss-reactive ketones (excluding diaryl/α,β-unsaturated/α-hetero) is 1. The van der Waals surface area contributed by atoms with Crippen LogP contribution in [0.4, 0.5) is 0 Å². The predicted molar refractivity (Wildman–Crippen MR) is 64.2 cm³/mol. The van der Waals surface area contributed by atoms with Gasteiger partial charge >= 0.3 is 0 Å². The molecule has 2 heterocycles. The van der Waals surface area contributed by atoms with E-state index in [9.17, 15) is 9.59 Å². The third kappa shape index (κ3) is 2.35. The molecule has 2 aliphatic rings. The second-order valence-electron chi connectivity index (χ2n) is 4.72. The molecule has 2 fully saturated rings. The van der Waals surface area contributed by atoms with Crippen LogP contribution in [0.15, 0.2) is 0 Å². The highest BCUT2D eigenvalue weighted by molar-refractivity contribution is 5.90. The van der Waals surface area contributed by atoms with Gasteiger partial charge in [0, 0.05) is 14.5 Å². The number of nitrogens with one attached hydrogen (secondary N) is 1. The predicted octanol–water partition coefficient (Wildman–Crippen LogP) is 0.165. The highest BCUT2D eigenvalue weighted by atomic mass is 16.2. The normalized spacial score (nSPS) is 35.1. The van der Waals surface area contributed by atoms with Gasteiger partial charge in [0.05, 0.1) is 6.04 Å². The third-order valence-corrected chi connectivity index (χ3v) is 3.67. The fraction of sp³-hybridized carbons (Fsp3) is 0.833. The second-order valence-corrected chi connectivity index (χ2v) is 4.72. The molecule has 1 unspecified atom stereocenters. The maximum absolute atomic E-state index is 12.5. The quantitative estimate of drug-likeness (QED) is 0.765. The van der Waals surface area contributed by atoms with E-state index in [0.29, 0.717) is 13.0 Å². The minimum atomic E-state index is -0.390. The van der Waals surface area contributed by atoms with Gasteiger partial charge in [-0.25, -0.2) is 5.01 Å². The van der Waals surface area contributed by atoms with Gasteiger partial charge in [-0.15, -0.1) is 0 Å². The summed E-state index contributed by atoms with van der Waals surface area (Å²) in [5.41, 5.74) is 3.03. The summed E-state index contributed by atoms with van der Waals surface area (Å²) in [5, 5.41) is 1.93. The Labute approximate surface area is 104 Å². The molecule has 0 spiro atoms. The van der Waals surface area contributed by atoms with Crippen molar-refractivity contribution in [1.82, 2.24) is 15.3 Å². The maximum Gasteiger partial charge on any atom is 0.241 e. The first kappa shape index (κ1) is 11.2. The van der Waals surface area contributed by atoms with Crippen LogP contribution in [0.25, 0.3) is 0 Å². The van der Waals surface area contributed by atoms with Gasteiger partial charge in [0.25, 0.3) is 0 Å². The molecular weight excluding hydrogens is 218 g/mol. The van der Waals surface area contributed by atoms with Crippen molar-refractivity contribution in [1.29, 1.82) is 0 Å². The van der Waals surface area contributed by atoms with Crippen molar-refractivity contribution in [2.24, 2.45) is 0 Å². The molecule has 5 heteroatoms. The fourth-order valence-corrected chi connectivity index (χ4v) is 2.74. The van der Waals surface area contributed by atoms with Crippen LogP contribution in [-0.4, -0.2) is 53.8 Å². The van der Waals surface area contributed by atoms with E-state index in [4.69, 9.17) is 1.37 Å². The van der Waals surface area contributed by atoms with E-state index < -0.39 is 0 Å². The molecule has 2 rings (SSSR count). The minimum absolute atomic E-state index is 0.00296. The molecule has 0 aromatic heterocycles. The minimum Gasteiger partial charge on any atom is -0.331 e. The summed E-state index contributed by atoms with van der Waals surface area (Å²) in [6.07, 6.45) is 1.96. The van der Waals surface area contributed by atoms with Crippen molar-refractivity contribution in [3.05, 3.63) is 0 Å². The smallest absolute Gasteiger partial charge is 0.241 e. The lowest BCUT2D eigenvalue weighted by atomic mass is 10.1. The van der Waals surface area contributed by atoms with Crippen LogP contribution in [0.2, 0.25) is 0 Å². The van der Waals surface area contributed by atoms with Crippen LogP contribution in [0.5, 0.6) is 0 Å². The number of rotatable bonds is 3. The van der Waals surface area contributed by atoms with E-state index in [1.54, 1.807) is 4.90 Å². The van der Waals surface area contributed by atoms with Crippen molar-refractivity contribution in [3.63, 3.8) is 0 Å². The van der Waals surface area contributed by atoms with Crippen molar-refractivity contribution in [3.8, 4) is 0 Å². The number of hydrogen-bond acceptors (Lipinski definition) is 4. The van der Waals surface area contributed by atoms with Crippen LogP contribution < -0.4 is 5.43 Å². The van der Waals surface area contributed by atoms with Crippen LogP contribution in [0.3, 0.4) is 0 Å². The Bertz CT molecular complexity index is 350. The number of carbonyl (C=O) groups is 2. The van der Waals surface area contributed by atoms with Crippen molar-refractivity contribution in [2.75, 3.05) is 20.1 Å². The molecule has 0 bridgehead atoms. The summed E-state index contributed by atoms with van der Waals surface area (Å²) in [6.45, 7) is 2.75. The molecule has 0 saturated carbocycles. The average Bonchev–Trinajstić information content (AvgIpc) is 2.93. The number of likely N-dealkylation sites (tertiary alicyclic amines) is 1. The Morgan fingerprint density at radius 1 is 1.29 bits per heavy atom. The SMILES string of the molecule is [3H]C1C[C@H](C(C)=O)N(C(=O)[C@H]2CCCN2NC)C1. The topological polar surface area (TPSA) is 52.7 Å². The molecule has 2 aliphatic heterocycles. The van der Waals surface area contributed by atoms with Crippen molar-refractivity contribution < 1.29 is 11.0 Å². The first-order valence-corrected chi connectivity index (χ1v) is 6.21. The Morgan fingerprint density at radius 2 is 2.06 bits per heavy atom. The molecular formula is C12H21N3O2. The molecule has 5 nitrogen and oxygen atoms in total. The molecule has 3 atom stereocenters. The highest BCUT2D eigenvalue weighted by Crippen LogP contribution is 2.23. The molecule has 1 N–H and O–H groups in total. The van der Waals surface area contributed by atoms with Crippen LogP contribution in [0.1, 0.15) is 34.0 Å². The Kier molecular flexibility index (Phi) is 3.38. The molecule has 0 aliphatic carbocycles. The molecule has 0 aromatic carbocycles. The van der Waals surface area contributed by atoms with E-state index in [1.165, 1.54) is 6.92 Å². The zero-order valence-corrected chi connectivity index (χ0v) is 10.5. The van der Waals surface area contributed by atoms with Crippen molar-refractivity contribution in [2.45, 2.75) is 44.7 Å². The lowest BCUT2D eigenvalue weighted by Gasteiger charge is -2.29. The summed E-state index contributed by atoms with van der Waals surface area (Å²) in [5.74, 6) is -0.0103. The first-order chi connectivity index (χ1) is 8.54. The number of hydrazine groups is 1. The first-order valence-electron chi connectivity index (χ1n) is 6.79. The Balaban J connectivity index is 2.10. The summed E-state index contributed by atoms with van der Waals surface area (Å²) < 4.78 is 7.77. The zero-order chi connectivity index (χ0) is 13.3. The summed E-state index contributed by atoms with van der Waals surface area (Å²) in [4.78, 5) is 25.7. The highest BCUT2D eigenvalue weighted by Gasteiger charge is 2.39. The largest absolute Gasteiger partial charge is 0.331 e. The zero-order valence-electron chi connectivity index (χ0n) is 11.5. The van der Waals surface area contributed by atoms with Gasteiger partial charge in [-0.3, -0.25) is 15.0 Å². The van der Waals surface area contributed by atoms with Gasteiger partial charge in [0.15, 0.2) is 5.78 Å². The summed E-state index contributed by atoms with van der Waals surface area (Å²) in [7, 11) is 1.81. The number of carbonyl (C=O) groups excluding carboxylic acids is 2. The second kappa shape index (κ2) is 5.14. The molecule has 96 valence electrons. The molecule has 2 saturated heterocycles. The van der Waals surface area contributed by atoms with Gasteiger partial charge in [0.1, 0.15) is 6.04 Å².